The summed E-state index contributed by atoms with van der Waals surface area (Å²) in [6.07, 6.45) is 1.59. The molecule has 1 aromatic heterocycles. The summed E-state index contributed by atoms with van der Waals surface area (Å²) < 4.78 is 14.1. The van der Waals surface area contributed by atoms with E-state index in [2.05, 4.69) is 20.9 Å². The molecule has 2 aliphatic rings. The van der Waals surface area contributed by atoms with Crippen molar-refractivity contribution in [2.45, 2.75) is 13.0 Å². The first-order chi connectivity index (χ1) is 8.15. The number of anilines is 1. The first kappa shape index (κ1) is 10.7. The minimum absolute atomic E-state index is 0.0675. The van der Waals surface area contributed by atoms with Crippen LogP contribution >= 0.6 is 0 Å². The fourth-order valence-electron chi connectivity index (χ4n) is 2.59. The van der Waals surface area contributed by atoms with E-state index in [4.69, 9.17) is 0 Å². The Morgan fingerprint density at radius 1 is 1.35 bits per heavy atom. The standard InChI is InChI=1S/C13H16FN3/c1-9-3-4-12-11(15-9)7-10(14)13-8-16(2)5-6-17(12)13/h3-4,7,13H,5-6,8H2,1-2H3. The highest BCUT2D eigenvalue weighted by molar-refractivity contribution is 5.71. The number of halogens is 1. The molecule has 0 amide bonds. The SMILES string of the molecule is Cc1ccc2c(n1)C=C(F)C1CN(C)CCN21. The van der Waals surface area contributed by atoms with Crippen molar-refractivity contribution in [2.24, 2.45) is 0 Å². The summed E-state index contributed by atoms with van der Waals surface area (Å²) in [5.74, 6) is -0.0675. The number of aromatic nitrogens is 1. The zero-order valence-electron chi connectivity index (χ0n) is 10.2. The van der Waals surface area contributed by atoms with Gasteiger partial charge >= 0.3 is 0 Å². The molecular formula is C13H16FN3. The maximum absolute atomic E-state index is 14.1. The molecule has 1 aromatic rings. The maximum atomic E-state index is 14.1. The molecule has 1 fully saturated rings. The Hall–Kier alpha value is -1.42. The number of likely N-dealkylation sites (N-methyl/N-ethyl adjacent to an activating group) is 1. The number of hydrogen-bond donors (Lipinski definition) is 0. The minimum atomic E-state index is -0.134. The molecule has 0 bridgehead atoms. The van der Waals surface area contributed by atoms with E-state index in [-0.39, 0.29) is 11.9 Å². The van der Waals surface area contributed by atoms with Crippen molar-refractivity contribution < 1.29 is 4.39 Å². The van der Waals surface area contributed by atoms with Crippen LogP contribution < -0.4 is 4.90 Å². The fourth-order valence-corrected chi connectivity index (χ4v) is 2.59. The minimum Gasteiger partial charge on any atom is -0.358 e. The molecule has 1 saturated heterocycles. The van der Waals surface area contributed by atoms with Crippen molar-refractivity contribution in [1.82, 2.24) is 9.88 Å². The van der Waals surface area contributed by atoms with Crippen molar-refractivity contribution in [3.63, 3.8) is 0 Å². The Kier molecular flexibility index (Phi) is 2.40. The fraction of sp³-hybridized carbons (Fsp3) is 0.462. The van der Waals surface area contributed by atoms with Crippen LogP contribution in [0.4, 0.5) is 10.1 Å². The van der Waals surface area contributed by atoms with Crippen LogP contribution in [0.5, 0.6) is 0 Å². The van der Waals surface area contributed by atoms with Crippen molar-refractivity contribution in [3.05, 3.63) is 29.3 Å². The first-order valence-electron chi connectivity index (χ1n) is 5.95. The number of nitrogens with zero attached hydrogens (tertiary/aromatic N) is 3. The number of hydrogen-bond acceptors (Lipinski definition) is 3. The lowest BCUT2D eigenvalue weighted by molar-refractivity contribution is 0.266. The summed E-state index contributed by atoms with van der Waals surface area (Å²) in [5.41, 5.74) is 2.76. The number of pyridine rings is 1. The van der Waals surface area contributed by atoms with Gasteiger partial charge in [0.2, 0.25) is 0 Å². The highest BCUT2D eigenvalue weighted by Crippen LogP contribution is 2.33. The second kappa shape index (κ2) is 3.81. The van der Waals surface area contributed by atoms with E-state index in [9.17, 15) is 4.39 Å². The molecule has 3 nitrogen and oxygen atoms in total. The van der Waals surface area contributed by atoms with Crippen LogP contribution in [0, 0.1) is 6.92 Å². The lowest BCUT2D eigenvalue weighted by atomic mass is 10.0. The normalized spacial score (nSPS) is 24.1. The zero-order valence-corrected chi connectivity index (χ0v) is 10.2. The van der Waals surface area contributed by atoms with Gasteiger partial charge in [-0.1, -0.05) is 0 Å². The number of rotatable bonds is 0. The third kappa shape index (κ3) is 1.72. The first-order valence-corrected chi connectivity index (χ1v) is 5.95. The molecular weight excluding hydrogens is 217 g/mol. The summed E-state index contributed by atoms with van der Waals surface area (Å²) in [6, 6.07) is 3.91. The molecule has 1 unspecified atom stereocenters. The third-order valence-electron chi connectivity index (χ3n) is 3.53. The smallest absolute Gasteiger partial charge is 0.126 e. The Labute approximate surface area is 101 Å². The Morgan fingerprint density at radius 2 is 2.18 bits per heavy atom. The lowest BCUT2D eigenvalue weighted by Gasteiger charge is -2.43. The molecule has 0 saturated carbocycles. The van der Waals surface area contributed by atoms with Crippen LogP contribution in [0.1, 0.15) is 11.4 Å². The highest BCUT2D eigenvalue weighted by atomic mass is 19.1. The number of piperazine rings is 1. The van der Waals surface area contributed by atoms with Gasteiger partial charge in [-0.3, -0.25) is 4.98 Å². The molecule has 1 atom stereocenters. The molecule has 3 heterocycles. The van der Waals surface area contributed by atoms with Gasteiger partial charge in [0, 0.05) is 25.3 Å². The number of fused-ring (bicyclic) bond motifs is 3. The van der Waals surface area contributed by atoms with Gasteiger partial charge in [0.1, 0.15) is 5.83 Å². The van der Waals surface area contributed by atoms with Crippen LogP contribution in [-0.2, 0) is 0 Å². The molecule has 90 valence electrons. The molecule has 4 heteroatoms. The highest BCUT2D eigenvalue weighted by Gasteiger charge is 2.33. The van der Waals surface area contributed by atoms with Crippen molar-refractivity contribution in [3.8, 4) is 0 Å². The van der Waals surface area contributed by atoms with Crippen LogP contribution in [-0.4, -0.2) is 42.6 Å². The molecule has 17 heavy (non-hydrogen) atoms. The molecule has 0 aliphatic carbocycles. The molecule has 0 aromatic carbocycles. The number of aryl methyl sites for hydroxylation is 1. The molecule has 0 N–H and O–H groups in total. The van der Waals surface area contributed by atoms with Gasteiger partial charge in [-0.15, -0.1) is 0 Å². The van der Waals surface area contributed by atoms with Crippen molar-refractivity contribution in [1.29, 1.82) is 0 Å². The van der Waals surface area contributed by atoms with Crippen LogP contribution in [0.15, 0.2) is 18.0 Å². The quantitative estimate of drug-likeness (QED) is 0.681. The third-order valence-corrected chi connectivity index (χ3v) is 3.53. The predicted molar refractivity (Wildman–Crippen MR) is 66.7 cm³/mol. The van der Waals surface area contributed by atoms with E-state index in [1.807, 2.05) is 20.0 Å². The van der Waals surface area contributed by atoms with Crippen molar-refractivity contribution in [2.75, 3.05) is 31.6 Å². The van der Waals surface area contributed by atoms with Gasteiger partial charge in [0.05, 0.1) is 17.4 Å². The summed E-state index contributed by atoms with van der Waals surface area (Å²) in [7, 11) is 2.04. The second-order valence-electron chi connectivity index (χ2n) is 4.86. The van der Waals surface area contributed by atoms with E-state index in [1.54, 1.807) is 6.08 Å². The van der Waals surface area contributed by atoms with Gasteiger partial charge in [-0.25, -0.2) is 4.39 Å². The Bertz CT molecular complexity index is 484. The van der Waals surface area contributed by atoms with Gasteiger partial charge in [0.25, 0.3) is 0 Å². The van der Waals surface area contributed by atoms with E-state index in [1.165, 1.54) is 0 Å². The molecule has 0 spiro atoms. The van der Waals surface area contributed by atoms with E-state index in [0.717, 1.165) is 36.7 Å². The maximum Gasteiger partial charge on any atom is 0.126 e. The summed E-state index contributed by atoms with van der Waals surface area (Å²) >= 11 is 0. The van der Waals surface area contributed by atoms with E-state index >= 15 is 0 Å². The Balaban J connectivity index is 2.06. The lowest BCUT2D eigenvalue weighted by Crippen LogP contribution is -2.53. The average molecular weight is 233 g/mol. The summed E-state index contributed by atoms with van der Waals surface area (Å²) in [4.78, 5) is 8.71. The molecule has 3 rings (SSSR count). The van der Waals surface area contributed by atoms with E-state index < -0.39 is 0 Å². The zero-order chi connectivity index (χ0) is 12.0. The monoisotopic (exact) mass is 233 g/mol. The van der Waals surface area contributed by atoms with Gasteiger partial charge < -0.3 is 9.80 Å². The van der Waals surface area contributed by atoms with Crippen LogP contribution in [0.2, 0.25) is 0 Å². The van der Waals surface area contributed by atoms with Gasteiger partial charge in [-0.2, -0.15) is 0 Å². The second-order valence-corrected chi connectivity index (χ2v) is 4.86. The molecule has 2 aliphatic heterocycles. The van der Waals surface area contributed by atoms with Crippen LogP contribution in [0.3, 0.4) is 0 Å². The average Bonchev–Trinajstić information content (AvgIpc) is 2.29. The van der Waals surface area contributed by atoms with Crippen molar-refractivity contribution >= 4 is 11.8 Å². The Morgan fingerprint density at radius 3 is 3.00 bits per heavy atom. The van der Waals surface area contributed by atoms with Gasteiger partial charge in [-0.05, 0) is 32.2 Å². The van der Waals surface area contributed by atoms with Crippen LogP contribution in [0.25, 0.3) is 6.08 Å². The van der Waals surface area contributed by atoms with Gasteiger partial charge in [0.15, 0.2) is 0 Å². The molecule has 0 radical (unpaired) electrons. The topological polar surface area (TPSA) is 19.4 Å². The summed E-state index contributed by atoms with van der Waals surface area (Å²) in [6.45, 7) is 4.51. The predicted octanol–water partition coefficient (Wildman–Crippen LogP) is 1.83. The largest absolute Gasteiger partial charge is 0.358 e. The van der Waals surface area contributed by atoms with E-state index in [0.29, 0.717) is 0 Å². The summed E-state index contributed by atoms with van der Waals surface area (Å²) in [5, 5.41) is 0.